The Hall–Kier alpha value is 1.51. The molecule has 0 fully saturated rings. The first-order chi connectivity index (χ1) is 9.02. The zero-order chi connectivity index (χ0) is 14.6. The Labute approximate surface area is 167 Å². The second-order valence-electron chi connectivity index (χ2n) is 5.24. The van der Waals surface area contributed by atoms with E-state index in [2.05, 4.69) is 6.92 Å². The number of hydrogen-bond donors (Lipinski definition) is 1. The molecule has 0 aromatic heterocycles. The molecule has 0 aromatic carbocycles. The van der Waals surface area contributed by atoms with Crippen LogP contribution in [0.4, 0.5) is 0 Å². The molecule has 0 saturated carbocycles. The van der Waals surface area contributed by atoms with Gasteiger partial charge in [-0.15, -0.1) is 0 Å². The standard InChI is InChI=1S/C14H30O4S.K/c1-2-3-4-5-6-8-11-14(19(16,17)18)12-9-7-10-13-15;/h14-15H,2-13H2,1H3,(H,16,17,18);/q;+1/p-1. The molecule has 0 rings (SSSR count). The Kier molecular flexibility index (Phi) is 18.3. The van der Waals surface area contributed by atoms with Gasteiger partial charge in [0.15, 0.2) is 0 Å². The van der Waals surface area contributed by atoms with Gasteiger partial charge in [0.1, 0.15) is 0 Å². The molecule has 0 amide bonds. The van der Waals surface area contributed by atoms with Crippen LogP contribution in [0.25, 0.3) is 0 Å². The van der Waals surface area contributed by atoms with E-state index in [0.29, 0.717) is 25.7 Å². The van der Waals surface area contributed by atoms with Gasteiger partial charge >= 0.3 is 51.4 Å². The Balaban J connectivity index is 0. The molecule has 0 spiro atoms. The Bertz CT molecular complexity index is 294. The molecular weight excluding hydrogens is 303 g/mol. The van der Waals surface area contributed by atoms with Crippen LogP contribution in [0.3, 0.4) is 0 Å². The summed E-state index contributed by atoms with van der Waals surface area (Å²) in [7, 11) is -4.16. The van der Waals surface area contributed by atoms with E-state index in [1.807, 2.05) is 0 Å². The summed E-state index contributed by atoms with van der Waals surface area (Å²) in [6.07, 6.45) is 9.72. The predicted molar refractivity (Wildman–Crippen MR) is 77.0 cm³/mol. The summed E-state index contributed by atoms with van der Waals surface area (Å²) in [4.78, 5) is 0. The van der Waals surface area contributed by atoms with Crippen molar-refractivity contribution in [1.82, 2.24) is 0 Å². The Morgan fingerprint density at radius 2 is 1.35 bits per heavy atom. The molecule has 4 nitrogen and oxygen atoms in total. The third-order valence-corrected chi connectivity index (χ3v) is 4.76. The van der Waals surface area contributed by atoms with E-state index in [4.69, 9.17) is 5.11 Å². The molecule has 0 aliphatic heterocycles. The molecule has 0 radical (unpaired) electrons. The van der Waals surface area contributed by atoms with Crippen LogP contribution < -0.4 is 51.4 Å². The number of rotatable bonds is 13. The normalized spacial score (nSPS) is 12.9. The molecule has 0 aromatic rings. The van der Waals surface area contributed by atoms with E-state index in [9.17, 15) is 13.0 Å². The summed E-state index contributed by atoms with van der Waals surface area (Å²) >= 11 is 0. The smallest absolute Gasteiger partial charge is 0.748 e. The minimum Gasteiger partial charge on any atom is -0.748 e. The third kappa shape index (κ3) is 14.4. The van der Waals surface area contributed by atoms with Gasteiger partial charge in [-0.2, -0.15) is 0 Å². The van der Waals surface area contributed by atoms with Crippen molar-refractivity contribution in [3.63, 3.8) is 0 Å². The maximum absolute atomic E-state index is 11.2. The Morgan fingerprint density at radius 1 is 0.900 bits per heavy atom. The molecule has 1 unspecified atom stereocenters. The van der Waals surface area contributed by atoms with Gasteiger partial charge in [-0.1, -0.05) is 58.3 Å². The van der Waals surface area contributed by atoms with Gasteiger partial charge in [0.2, 0.25) is 0 Å². The van der Waals surface area contributed by atoms with E-state index >= 15 is 0 Å². The molecule has 1 N–H and O–H groups in total. The second-order valence-corrected chi connectivity index (χ2v) is 6.90. The van der Waals surface area contributed by atoms with E-state index in [1.165, 1.54) is 19.3 Å². The van der Waals surface area contributed by atoms with Gasteiger partial charge < -0.3 is 9.66 Å². The fraction of sp³-hybridized carbons (Fsp3) is 1.00. The van der Waals surface area contributed by atoms with Crippen molar-refractivity contribution >= 4 is 10.1 Å². The molecule has 20 heavy (non-hydrogen) atoms. The van der Waals surface area contributed by atoms with Crippen LogP contribution in [0, 0.1) is 0 Å². The first-order valence-corrected chi connectivity index (χ1v) is 9.05. The first-order valence-electron chi connectivity index (χ1n) is 7.58. The Morgan fingerprint density at radius 3 is 1.80 bits per heavy atom. The molecule has 0 aliphatic carbocycles. The van der Waals surface area contributed by atoms with Crippen LogP contribution >= 0.6 is 0 Å². The summed E-state index contributed by atoms with van der Waals surface area (Å²) in [5.41, 5.74) is 0. The average Bonchev–Trinajstić information content (AvgIpc) is 2.34. The van der Waals surface area contributed by atoms with Crippen molar-refractivity contribution in [2.75, 3.05) is 6.61 Å². The summed E-state index contributed by atoms with van der Waals surface area (Å²) < 4.78 is 33.5. The van der Waals surface area contributed by atoms with Crippen molar-refractivity contribution in [1.29, 1.82) is 0 Å². The SMILES string of the molecule is CCCCCCCCC(CCCCCO)S(=O)(=O)[O-].[K+]. The van der Waals surface area contributed by atoms with E-state index in [1.54, 1.807) is 0 Å². The zero-order valence-electron chi connectivity index (χ0n) is 13.1. The molecule has 0 heterocycles. The largest absolute Gasteiger partial charge is 1.00 e. The molecular formula is C14H29KO4S. The fourth-order valence-corrected chi connectivity index (χ4v) is 3.16. The summed E-state index contributed by atoms with van der Waals surface area (Å²) in [5, 5.41) is 7.93. The molecule has 6 heteroatoms. The molecule has 1 atom stereocenters. The van der Waals surface area contributed by atoms with Crippen LogP contribution in [-0.4, -0.2) is 29.9 Å². The minimum atomic E-state index is -4.16. The van der Waals surface area contributed by atoms with Crippen molar-refractivity contribution in [3.05, 3.63) is 0 Å². The van der Waals surface area contributed by atoms with E-state index in [-0.39, 0.29) is 58.0 Å². The fourth-order valence-electron chi connectivity index (χ4n) is 2.25. The number of hydrogen-bond acceptors (Lipinski definition) is 4. The van der Waals surface area contributed by atoms with E-state index < -0.39 is 15.4 Å². The van der Waals surface area contributed by atoms with Crippen LogP contribution in [0.1, 0.15) is 77.6 Å². The summed E-state index contributed by atoms with van der Waals surface area (Å²) in [5.74, 6) is 0. The summed E-state index contributed by atoms with van der Waals surface area (Å²) in [6, 6.07) is 0. The van der Waals surface area contributed by atoms with Crippen molar-refractivity contribution in [2.24, 2.45) is 0 Å². The van der Waals surface area contributed by atoms with Gasteiger partial charge in [-0.05, 0) is 19.3 Å². The van der Waals surface area contributed by atoms with Gasteiger partial charge in [-0.3, -0.25) is 0 Å². The monoisotopic (exact) mass is 332 g/mol. The van der Waals surface area contributed by atoms with Crippen LogP contribution in [-0.2, 0) is 10.1 Å². The van der Waals surface area contributed by atoms with E-state index in [0.717, 1.165) is 25.7 Å². The minimum absolute atomic E-state index is 0. The second kappa shape index (κ2) is 15.4. The summed E-state index contributed by atoms with van der Waals surface area (Å²) in [6.45, 7) is 2.29. The van der Waals surface area contributed by atoms with Crippen LogP contribution in [0.5, 0.6) is 0 Å². The predicted octanol–water partition coefficient (Wildman–Crippen LogP) is 0.208. The number of unbranched alkanes of at least 4 members (excludes halogenated alkanes) is 7. The maximum Gasteiger partial charge on any atom is 1.00 e. The van der Waals surface area contributed by atoms with Gasteiger partial charge in [-0.25, -0.2) is 8.42 Å². The van der Waals surface area contributed by atoms with Gasteiger partial charge in [0, 0.05) is 11.9 Å². The molecule has 116 valence electrons. The zero-order valence-corrected chi connectivity index (χ0v) is 17.1. The van der Waals surface area contributed by atoms with Crippen molar-refractivity contribution in [3.8, 4) is 0 Å². The van der Waals surface area contributed by atoms with Gasteiger partial charge in [0.25, 0.3) is 0 Å². The quantitative estimate of drug-likeness (QED) is 0.297. The number of aliphatic hydroxyl groups is 1. The van der Waals surface area contributed by atoms with Crippen molar-refractivity contribution < 1.29 is 69.5 Å². The van der Waals surface area contributed by atoms with Crippen LogP contribution in [0.15, 0.2) is 0 Å². The first kappa shape index (κ1) is 23.8. The third-order valence-electron chi connectivity index (χ3n) is 3.47. The average molecular weight is 333 g/mol. The molecule has 0 aliphatic rings. The topological polar surface area (TPSA) is 77.4 Å². The maximum atomic E-state index is 11.2. The van der Waals surface area contributed by atoms with Gasteiger partial charge in [0.05, 0.1) is 10.1 Å². The molecule has 0 saturated heterocycles. The number of aliphatic hydroxyl groups excluding tert-OH is 1. The molecule has 0 bridgehead atoms. The van der Waals surface area contributed by atoms with Crippen LogP contribution in [0.2, 0.25) is 0 Å². The van der Waals surface area contributed by atoms with Crippen molar-refractivity contribution in [2.45, 2.75) is 82.8 Å².